The number of benzene rings is 2. The maximum Gasteiger partial charge on any atom is 0.355 e. The molecule has 1 aliphatic heterocycles. The fraction of sp³-hybridized carbons (Fsp3) is 0.160. The Hall–Kier alpha value is -4.44. The molecule has 1 fully saturated rings. The van der Waals surface area contributed by atoms with E-state index in [4.69, 9.17) is 21.1 Å². The van der Waals surface area contributed by atoms with Crippen molar-refractivity contribution in [3.63, 3.8) is 0 Å². The summed E-state index contributed by atoms with van der Waals surface area (Å²) in [6.07, 6.45) is 0. The number of esters is 2. The summed E-state index contributed by atoms with van der Waals surface area (Å²) in [5, 5.41) is 4.51. The first-order chi connectivity index (χ1) is 17.2. The van der Waals surface area contributed by atoms with Crippen LogP contribution in [0.3, 0.4) is 0 Å². The van der Waals surface area contributed by atoms with E-state index < -0.39 is 35.7 Å². The summed E-state index contributed by atoms with van der Waals surface area (Å²) in [5.41, 5.74) is 1.23. The highest BCUT2D eigenvalue weighted by molar-refractivity contribution is 6.30. The Bertz CT molecular complexity index is 1390. The maximum absolute atomic E-state index is 13.1. The number of halogens is 1. The number of imide groups is 2. The molecular formula is C25H20ClN3O7. The molecule has 0 aliphatic carbocycles. The summed E-state index contributed by atoms with van der Waals surface area (Å²) < 4.78 is 11.4. The van der Waals surface area contributed by atoms with Crippen LogP contribution < -0.4 is 10.6 Å². The molecule has 0 radical (unpaired) electrons. The molecule has 1 aromatic heterocycles. The SMILES string of the molecule is COC(=O)c1c(C2C(=O)NC(=O)NC2=O)c(-c2ccc(C)cc2)n(-c2ccc(Cl)cc2)c1C(=O)OC. The normalized spacial score (nSPS) is 13.7. The van der Waals surface area contributed by atoms with Gasteiger partial charge in [-0.15, -0.1) is 0 Å². The van der Waals surface area contributed by atoms with Crippen molar-refractivity contribution in [1.29, 1.82) is 0 Å². The molecule has 4 rings (SSSR count). The zero-order valence-corrected chi connectivity index (χ0v) is 20.1. The monoisotopic (exact) mass is 509 g/mol. The Labute approximate surface area is 210 Å². The second kappa shape index (κ2) is 9.67. The number of rotatable bonds is 5. The number of hydrogen-bond acceptors (Lipinski definition) is 7. The minimum Gasteiger partial charge on any atom is -0.465 e. The predicted molar refractivity (Wildman–Crippen MR) is 128 cm³/mol. The van der Waals surface area contributed by atoms with Crippen molar-refractivity contribution in [2.75, 3.05) is 14.2 Å². The van der Waals surface area contributed by atoms with Gasteiger partial charge in [0.2, 0.25) is 11.8 Å². The highest BCUT2D eigenvalue weighted by atomic mass is 35.5. The third-order valence-corrected chi connectivity index (χ3v) is 5.93. The molecule has 36 heavy (non-hydrogen) atoms. The topological polar surface area (TPSA) is 133 Å². The summed E-state index contributed by atoms with van der Waals surface area (Å²) in [4.78, 5) is 64.0. The second-order valence-electron chi connectivity index (χ2n) is 7.89. The third kappa shape index (κ3) is 4.22. The van der Waals surface area contributed by atoms with Crippen molar-refractivity contribution in [2.45, 2.75) is 12.8 Å². The van der Waals surface area contributed by atoms with Gasteiger partial charge < -0.3 is 14.0 Å². The summed E-state index contributed by atoms with van der Waals surface area (Å²) in [7, 11) is 2.23. The number of nitrogens with zero attached hydrogens (tertiary/aromatic N) is 1. The number of aromatic nitrogens is 1. The Morgan fingerprint density at radius 1 is 0.861 bits per heavy atom. The van der Waals surface area contributed by atoms with Gasteiger partial charge in [0, 0.05) is 16.3 Å². The van der Waals surface area contributed by atoms with Crippen molar-refractivity contribution < 1.29 is 33.4 Å². The van der Waals surface area contributed by atoms with Crippen molar-refractivity contribution >= 4 is 41.4 Å². The Balaban J connectivity index is 2.21. The zero-order chi connectivity index (χ0) is 26.1. The first-order valence-electron chi connectivity index (χ1n) is 10.6. The van der Waals surface area contributed by atoms with E-state index in [1.165, 1.54) is 4.57 Å². The van der Waals surface area contributed by atoms with E-state index in [0.29, 0.717) is 16.3 Å². The van der Waals surface area contributed by atoms with Crippen molar-refractivity contribution in [2.24, 2.45) is 0 Å². The van der Waals surface area contributed by atoms with E-state index in [-0.39, 0.29) is 22.5 Å². The third-order valence-electron chi connectivity index (χ3n) is 5.67. The van der Waals surface area contributed by atoms with Crippen LogP contribution in [-0.4, -0.2) is 48.6 Å². The molecular weight excluding hydrogens is 490 g/mol. The number of barbiturate groups is 1. The van der Waals surface area contributed by atoms with Gasteiger partial charge in [0.25, 0.3) is 0 Å². The van der Waals surface area contributed by atoms with E-state index >= 15 is 0 Å². The predicted octanol–water partition coefficient (Wildman–Crippen LogP) is 3.13. The number of carbonyl (C=O) groups is 5. The van der Waals surface area contributed by atoms with Crippen LogP contribution in [0.1, 0.15) is 37.9 Å². The average molecular weight is 510 g/mol. The van der Waals surface area contributed by atoms with E-state index in [2.05, 4.69) is 0 Å². The van der Waals surface area contributed by atoms with Gasteiger partial charge in [0.15, 0.2) is 0 Å². The van der Waals surface area contributed by atoms with Crippen LogP contribution in [0.2, 0.25) is 5.02 Å². The first-order valence-corrected chi connectivity index (χ1v) is 11.0. The first kappa shape index (κ1) is 24.7. The fourth-order valence-corrected chi connectivity index (χ4v) is 4.22. The number of carbonyl (C=O) groups excluding carboxylic acids is 5. The van der Waals surface area contributed by atoms with Gasteiger partial charge in [-0.1, -0.05) is 41.4 Å². The molecule has 184 valence electrons. The van der Waals surface area contributed by atoms with Gasteiger partial charge >= 0.3 is 18.0 Å². The highest BCUT2D eigenvalue weighted by Crippen LogP contribution is 2.41. The van der Waals surface area contributed by atoms with Crippen LogP contribution in [-0.2, 0) is 19.1 Å². The molecule has 0 unspecified atom stereocenters. The number of hydrogen-bond donors (Lipinski definition) is 2. The van der Waals surface area contributed by atoms with Crippen LogP contribution >= 0.6 is 11.6 Å². The molecule has 10 nitrogen and oxygen atoms in total. The van der Waals surface area contributed by atoms with Gasteiger partial charge in [-0.05, 0) is 36.8 Å². The maximum atomic E-state index is 13.1. The van der Waals surface area contributed by atoms with Crippen LogP contribution in [0.5, 0.6) is 0 Å². The minimum absolute atomic E-state index is 0.122. The molecule has 0 bridgehead atoms. The average Bonchev–Trinajstić information content (AvgIpc) is 3.19. The molecule has 0 atom stereocenters. The molecule has 0 saturated carbocycles. The van der Waals surface area contributed by atoms with Gasteiger partial charge in [0.05, 0.1) is 25.5 Å². The second-order valence-corrected chi connectivity index (χ2v) is 8.32. The van der Waals surface area contributed by atoms with Crippen LogP contribution in [0.4, 0.5) is 4.79 Å². The lowest BCUT2D eigenvalue weighted by atomic mass is 9.89. The lowest BCUT2D eigenvalue weighted by Crippen LogP contribution is -2.54. The molecule has 11 heteroatoms. The Morgan fingerprint density at radius 3 is 1.94 bits per heavy atom. The summed E-state index contributed by atoms with van der Waals surface area (Å²) in [6.45, 7) is 1.87. The molecule has 1 saturated heterocycles. The van der Waals surface area contributed by atoms with Crippen LogP contribution in [0.15, 0.2) is 48.5 Å². The van der Waals surface area contributed by atoms with Gasteiger partial charge in [-0.2, -0.15) is 0 Å². The number of amides is 4. The Kier molecular flexibility index (Phi) is 6.63. The molecule has 0 spiro atoms. The van der Waals surface area contributed by atoms with E-state index in [0.717, 1.165) is 19.8 Å². The van der Waals surface area contributed by atoms with Crippen LogP contribution in [0.25, 0.3) is 16.9 Å². The molecule has 4 amide bonds. The molecule has 1 aliphatic rings. The smallest absolute Gasteiger partial charge is 0.355 e. The van der Waals surface area contributed by atoms with E-state index in [1.54, 1.807) is 48.5 Å². The number of methoxy groups -OCH3 is 2. The molecule has 2 N–H and O–H groups in total. The largest absolute Gasteiger partial charge is 0.465 e. The number of ether oxygens (including phenoxy) is 2. The number of urea groups is 1. The van der Waals surface area contributed by atoms with Crippen molar-refractivity contribution in [1.82, 2.24) is 15.2 Å². The quantitative estimate of drug-likeness (QED) is 0.399. The van der Waals surface area contributed by atoms with E-state index in [9.17, 15) is 24.0 Å². The fourth-order valence-electron chi connectivity index (χ4n) is 4.09. The molecule has 2 heterocycles. The van der Waals surface area contributed by atoms with Crippen molar-refractivity contribution in [3.8, 4) is 16.9 Å². The van der Waals surface area contributed by atoms with Gasteiger partial charge in [-0.25, -0.2) is 14.4 Å². The van der Waals surface area contributed by atoms with Gasteiger partial charge in [0.1, 0.15) is 11.6 Å². The van der Waals surface area contributed by atoms with Crippen LogP contribution in [0, 0.1) is 6.92 Å². The minimum atomic E-state index is -1.66. The van der Waals surface area contributed by atoms with Crippen molar-refractivity contribution in [3.05, 3.63) is 75.9 Å². The lowest BCUT2D eigenvalue weighted by molar-refractivity contribution is -0.132. The number of nitrogens with one attached hydrogen (secondary N) is 2. The highest BCUT2D eigenvalue weighted by Gasteiger charge is 2.44. The van der Waals surface area contributed by atoms with E-state index in [1.807, 2.05) is 17.6 Å². The lowest BCUT2D eigenvalue weighted by Gasteiger charge is -2.23. The molecule has 3 aromatic rings. The zero-order valence-electron chi connectivity index (χ0n) is 19.4. The summed E-state index contributed by atoms with van der Waals surface area (Å²) in [5.74, 6) is -5.49. The Morgan fingerprint density at radius 2 is 1.42 bits per heavy atom. The standard InChI is InChI=1S/C25H20ClN3O7/c1-12-4-6-13(7-5-12)19-16(18-21(30)27-25(34)28-22(18)31)17(23(32)35-2)20(24(33)36-3)29(19)15-10-8-14(26)9-11-15/h4-11,18H,1-3H3,(H2,27,28,30,31,34). The molecule has 2 aromatic carbocycles. The summed E-state index contributed by atoms with van der Waals surface area (Å²) in [6, 6.07) is 12.4. The van der Waals surface area contributed by atoms with Gasteiger partial charge in [-0.3, -0.25) is 20.2 Å². The number of aryl methyl sites for hydroxylation is 1. The summed E-state index contributed by atoms with van der Waals surface area (Å²) >= 11 is 6.07.